The van der Waals surface area contributed by atoms with Crippen LogP contribution in [0.5, 0.6) is 0 Å². The Morgan fingerprint density at radius 3 is 2.64 bits per heavy atom. The minimum absolute atomic E-state index is 0.278. The number of aromatic carboxylic acids is 1. The molecule has 0 aliphatic carbocycles. The predicted octanol–water partition coefficient (Wildman–Crippen LogP) is 6.31. The number of benzene rings is 2. The molecule has 1 heterocycles. The zero-order chi connectivity index (χ0) is 17.8. The van der Waals surface area contributed by atoms with E-state index in [9.17, 15) is 9.90 Å². The standard InChI is InChI=1S/C19H14ClNO2S2/c1-12-16(19(22)23)3-2-4-17(12)21-11-15-9-10-18(25-15)24-14-7-5-13(20)6-8-14/h2-11H,1H3,(H,22,23). The SMILES string of the molecule is Cc1c(N=Cc2ccc(Sc3ccc(Cl)cc3)s2)cccc1C(=O)O. The van der Waals surface area contributed by atoms with E-state index in [-0.39, 0.29) is 5.56 Å². The normalized spacial score (nSPS) is 11.1. The van der Waals surface area contributed by atoms with Crippen LogP contribution in [0.3, 0.4) is 0 Å². The molecule has 0 spiro atoms. The summed E-state index contributed by atoms with van der Waals surface area (Å²) in [4.78, 5) is 17.8. The summed E-state index contributed by atoms with van der Waals surface area (Å²) < 4.78 is 1.15. The number of hydrogen-bond donors (Lipinski definition) is 1. The summed E-state index contributed by atoms with van der Waals surface area (Å²) in [7, 11) is 0. The van der Waals surface area contributed by atoms with E-state index < -0.39 is 5.97 Å². The van der Waals surface area contributed by atoms with Crippen molar-refractivity contribution in [3.05, 3.63) is 75.6 Å². The maximum atomic E-state index is 11.2. The number of thiophene rings is 1. The molecule has 0 unspecified atom stereocenters. The molecular weight excluding hydrogens is 374 g/mol. The van der Waals surface area contributed by atoms with Crippen molar-refractivity contribution in [2.45, 2.75) is 16.0 Å². The highest BCUT2D eigenvalue weighted by atomic mass is 35.5. The third kappa shape index (κ3) is 4.51. The van der Waals surface area contributed by atoms with E-state index in [0.717, 1.165) is 19.0 Å². The number of aliphatic imine (C=N–C) groups is 1. The number of rotatable bonds is 5. The van der Waals surface area contributed by atoms with E-state index in [2.05, 4.69) is 4.99 Å². The minimum atomic E-state index is -0.938. The molecule has 25 heavy (non-hydrogen) atoms. The summed E-state index contributed by atoms with van der Waals surface area (Å²) in [5.41, 5.74) is 1.61. The lowest BCUT2D eigenvalue weighted by atomic mass is 10.1. The quantitative estimate of drug-likeness (QED) is 0.522. The second-order valence-electron chi connectivity index (χ2n) is 5.23. The summed E-state index contributed by atoms with van der Waals surface area (Å²) >= 11 is 9.20. The fraction of sp³-hybridized carbons (Fsp3) is 0.0526. The number of carboxylic acid groups (broad SMARTS) is 1. The zero-order valence-electron chi connectivity index (χ0n) is 13.3. The van der Waals surface area contributed by atoms with Crippen molar-refractivity contribution in [1.29, 1.82) is 0 Å². The van der Waals surface area contributed by atoms with Crippen molar-refractivity contribution in [3.63, 3.8) is 0 Å². The van der Waals surface area contributed by atoms with Crippen LogP contribution in [0.25, 0.3) is 0 Å². The molecule has 1 aromatic heterocycles. The predicted molar refractivity (Wildman–Crippen MR) is 105 cm³/mol. The van der Waals surface area contributed by atoms with Gasteiger partial charge in [0.15, 0.2) is 0 Å². The first-order chi connectivity index (χ1) is 12.0. The van der Waals surface area contributed by atoms with E-state index in [1.807, 2.05) is 42.5 Å². The molecule has 3 rings (SSSR count). The van der Waals surface area contributed by atoms with E-state index in [1.54, 1.807) is 48.4 Å². The van der Waals surface area contributed by atoms with Gasteiger partial charge in [-0.1, -0.05) is 29.4 Å². The average molecular weight is 388 g/mol. The molecule has 0 saturated carbocycles. The van der Waals surface area contributed by atoms with Gasteiger partial charge in [-0.3, -0.25) is 4.99 Å². The summed E-state index contributed by atoms with van der Waals surface area (Å²) in [5, 5.41) is 9.90. The van der Waals surface area contributed by atoms with Crippen molar-refractivity contribution >= 4 is 52.6 Å². The number of carbonyl (C=O) groups is 1. The number of nitrogens with zero attached hydrogens (tertiary/aromatic N) is 1. The van der Waals surface area contributed by atoms with Crippen LogP contribution < -0.4 is 0 Å². The van der Waals surface area contributed by atoms with Crippen molar-refractivity contribution in [2.75, 3.05) is 0 Å². The largest absolute Gasteiger partial charge is 0.478 e. The Morgan fingerprint density at radius 2 is 1.92 bits per heavy atom. The molecular formula is C19H14ClNO2S2. The lowest BCUT2D eigenvalue weighted by Crippen LogP contribution is -1.99. The second-order valence-corrected chi connectivity index (χ2v) is 8.15. The maximum Gasteiger partial charge on any atom is 0.336 e. The van der Waals surface area contributed by atoms with E-state index >= 15 is 0 Å². The Kier molecular flexibility index (Phi) is 5.58. The molecule has 0 radical (unpaired) electrons. The van der Waals surface area contributed by atoms with Gasteiger partial charge in [0.2, 0.25) is 0 Å². The highest BCUT2D eigenvalue weighted by molar-refractivity contribution is 8.01. The molecule has 0 fully saturated rings. The summed E-state index contributed by atoms with van der Waals surface area (Å²) in [5.74, 6) is -0.938. The van der Waals surface area contributed by atoms with Crippen molar-refractivity contribution in [2.24, 2.45) is 4.99 Å². The van der Waals surface area contributed by atoms with Gasteiger partial charge in [-0.05, 0) is 61.0 Å². The monoisotopic (exact) mass is 387 g/mol. The Morgan fingerprint density at radius 1 is 1.16 bits per heavy atom. The molecule has 0 amide bonds. The number of hydrogen-bond acceptors (Lipinski definition) is 4. The summed E-state index contributed by atoms with van der Waals surface area (Å²) in [6, 6.07) is 16.9. The number of halogens is 1. The molecule has 0 aliphatic heterocycles. The fourth-order valence-corrected chi connectivity index (χ4v) is 4.33. The molecule has 1 N–H and O–H groups in total. The molecule has 0 aliphatic rings. The zero-order valence-corrected chi connectivity index (χ0v) is 15.7. The van der Waals surface area contributed by atoms with Gasteiger partial charge < -0.3 is 5.11 Å². The van der Waals surface area contributed by atoms with Crippen molar-refractivity contribution in [3.8, 4) is 0 Å². The molecule has 0 saturated heterocycles. The first kappa shape index (κ1) is 17.7. The van der Waals surface area contributed by atoms with Gasteiger partial charge in [-0.2, -0.15) is 0 Å². The number of carboxylic acids is 1. The Labute approximate surface area is 159 Å². The molecule has 126 valence electrons. The van der Waals surface area contributed by atoms with E-state index in [4.69, 9.17) is 11.6 Å². The van der Waals surface area contributed by atoms with Gasteiger partial charge in [-0.25, -0.2) is 4.79 Å². The van der Waals surface area contributed by atoms with Crippen LogP contribution in [0, 0.1) is 6.92 Å². The van der Waals surface area contributed by atoms with Crippen LogP contribution in [-0.2, 0) is 0 Å². The van der Waals surface area contributed by atoms with Crippen molar-refractivity contribution < 1.29 is 9.90 Å². The van der Waals surface area contributed by atoms with Gasteiger partial charge in [-0.15, -0.1) is 11.3 Å². The lowest BCUT2D eigenvalue weighted by Gasteiger charge is -2.03. The highest BCUT2D eigenvalue weighted by Crippen LogP contribution is 2.33. The van der Waals surface area contributed by atoms with Crippen molar-refractivity contribution in [1.82, 2.24) is 0 Å². The van der Waals surface area contributed by atoms with Crippen LogP contribution >= 0.6 is 34.7 Å². The van der Waals surface area contributed by atoms with E-state index in [0.29, 0.717) is 11.3 Å². The first-order valence-corrected chi connectivity index (χ1v) is 9.44. The third-order valence-electron chi connectivity index (χ3n) is 3.50. The molecule has 3 nitrogen and oxygen atoms in total. The van der Waals surface area contributed by atoms with E-state index in [1.165, 1.54) is 0 Å². The van der Waals surface area contributed by atoms with Crippen LogP contribution in [0.1, 0.15) is 20.8 Å². The highest BCUT2D eigenvalue weighted by Gasteiger charge is 2.09. The van der Waals surface area contributed by atoms with Crippen LogP contribution in [0.4, 0.5) is 5.69 Å². The lowest BCUT2D eigenvalue weighted by molar-refractivity contribution is 0.0696. The third-order valence-corrected chi connectivity index (χ3v) is 5.91. The second kappa shape index (κ2) is 7.87. The molecule has 3 aromatic rings. The Bertz CT molecular complexity index is 933. The Hall–Kier alpha value is -2.08. The smallest absolute Gasteiger partial charge is 0.336 e. The summed E-state index contributed by atoms with van der Waals surface area (Å²) in [6.45, 7) is 1.77. The minimum Gasteiger partial charge on any atom is -0.478 e. The van der Waals surface area contributed by atoms with Crippen LogP contribution in [0.15, 0.2) is 68.7 Å². The van der Waals surface area contributed by atoms with Gasteiger partial charge >= 0.3 is 5.97 Å². The maximum absolute atomic E-state index is 11.2. The molecule has 2 aromatic carbocycles. The first-order valence-electron chi connectivity index (χ1n) is 7.43. The van der Waals surface area contributed by atoms with Gasteiger partial charge in [0.1, 0.15) is 0 Å². The van der Waals surface area contributed by atoms with Crippen LogP contribution in [-0.4, -0.2) is 17.3 Å². The summed E-state index contributed by atoms with van der Waals surface area (Å²) in [6.07, 6.45) is 1.77. The molecule has 0 bridgehead atoms. The van der Waals surface area contributed by atoms with Crippen LogP contribution in [0.2, 0.25) is 5.02 Å². The molecule has 0 atom stereocenters. The van der Waals surface area contributed by atoms with Gasteiger partial charge in [0, 0.05) is 21.0 Å². The molecule has 6 heteroatoms. The Balaban J connectivity index is 1.75. The average Bonchev–Trinajstić information content (AvgIpc) is 3.03. The topological polar surface area (TPSA) is 49.7 Å². The fourth-order valence-electron chi connectivity index (χ4n) is 2.21. The van der Waals surface area contributed by atoms with Gasteiger partial charge in [0.25, 0.3) is 0 Å². The van der Waals surface area contributed by atoms with Gasteiger partial charge in [0.05, 0.1) is 15.5 Å².